The Morgan fingerprint density at radius 3 is 0.559 bits per heavy atom. The molecule has 9 aromatic carbocycles. The van der Waals surface area contributed by atoms with E-state index in [4.69, 9.17) is 63.9 Å². The van der Waals surface area contributed by atoms with Crippen molar-refractivity contribution in [2.45, 2.75) is 114 Å². The van der Waals surface area contributed by atoms with Gasteiger partial charge in [0.05, 0.1) is 6.29 Å². The van der Waals surface area contributed by atoms with Crippen molar-refractivity contribution in [2.24, 2.45) is 0 Å². The Morgan fingerprint density at radius 1 is 0.283 bits per heavy atom. The van der Waals surface area contributed by atoms with Gasteiger partial charge < -0.3 is 96.1 Å². The summed E-state index contributed by atoms with van der Waals surface area (Å²) in [6.45, 7) is 4.54. The number of alkyl halides is 12. The average molecular weight is 2110 g/mol. The van der Waals surface area contributed by atoms with Crippen LogP contribution in [0.5, 0.6) is 0 Å². The van der Waals surface area contributed by atoms with E-state index in [2.05, 4.69) is 71.0 Å². The Morgan fingerprint density at radius 2 is 0.433 bits per heavy atom. The van der Waals surface area contributed by atoms with Gasteiger partial charge in [0.15, 0.2) is 34.0 Å². The molecule has 8 unspecified atom stereocenters. The van der Waals surface area contributed by atoms with Gasteiger partial charge in [-0.2, -0.15) is 64.8 Å². The number of aliphatic hydroxyl groups excluding tert-OH is 11. The van der Waals surface area contributed by atoms with Crippen LogP contribution in [0, 0.1) is 215 Å². The summed E-state index contributed by atoms with van der Waals surface area (Å²) in [6, 6.07) is 75.8. The van der Waals surface area contributed by atoms with Crippen LogP contribution < -0.4 is 47.7 Å². The molecule has 0 aliphatic rings. The fourth-order valence-electron chi connectivity index (χ4n) is 9.52. The van der Waals surface area contributed by atoms with Gasteiger partial charge >= 0.3 is 24.7 Å². The first-order valence-corrected chi connectivity index (χ1v) is 40.7. The number of halogens is 12. The summed E-state index contributed by atoms with van der Waals surface area (Å²) in [7, 11) is -8.98. The van der Waals surface area contributed by atoms with Crippen molar-refractivity contribution in [1.82, 2.24) is 0 Å². The van der Waals surface area contributed by atoms with Crippen LogP contribution in [0.1, 0.15) is 57.0 Å². The maximum atomic E-state index is 14.0. The third-order valence-corrected chi connectivity index (χ3v) is 24.4. The summed E-state index contributed by atoms with van der Waals surface area (Å²) < 4.78 is 179. The molecule has 684 valence electrons. The summed E-state index contributed by atoms with van der Waals surface area (Å²) in [5.74, 6) is 28.3. The second kappa shape index (κ2) is 62.4. The van der Waals surface area contributed by atoms with E-state index in [1.165, 1.54) is 0 Å². The van der Waals surface area contributed by atoms with E-state index < -0.39 is 114 Å². The topological polar surface area (TPSA) is 399 Å². The van der Waals surface area contributed by atoms with Gasteiger partial charge in [0.1, 0.15) is 0 Å². The first-order chi connectivity index (χ1) is 57.6. The maximum absolute atomic E-state index is 14.0. The smallest absolute Gasteiger partial charge is 0.387 e. The summed E-state index contributed by atoms with van der Waals surface area (Å²) in [6.07, 6.45) is -26.3. The van der Waals surface area contributed by atoms with E-state index in [9.17, 15) is 86.8 Å². The Kier molecular flexibility index (Phi) is 60.6. The van der Waals surface area contributed by atoms with Crippen LogP contribution >= 0.6 is 21.4 Å². The zero-order valence-corrected chi connectivity index (χ0v) is 74.7. The largest absolute Gasteiger partial charge is 0.457 e. The van der Waals surface area contributed by atoms with E-state index in [1.54, 1.807) is 72.8 Å². The molecular weight excluding hydrogens is 2020 g/mol. The normalized spacial score (nSPS) is 12.5. The molecule has 9 rings (SSSR count). The number of aliphatic hydroxyl groups is 14. The molecule has 0 spiro atoms. The molecule has 0 aliphatic carbocycles. The summed E-state index contributed by atoms with van der Waals surface area (Å²) in [5.41, 5.74) is 1.05. The monoisotopic (exact) mass is 2110 g/mol. The van der Waals surface area contributed by atoms with Gasteiger partial charge in [0, 0.05) is 177 Å². The van der Waals surface area contributed by atoms with Crippen molar-refractivity contribution in [1.29, 1.82) is 0 Å². The van der Waals surface area contributed by atoms with E-state index in [0.717, 1.165) is 59.5 Å². The van der Waals surface area contributed by atoms with Crippen LogP contribution in [0.25, 0.3) is 0 Å². The number of benzene rings is 9. The Hall–Kier alpha value is -7.85. The van der Waals surface area contributed by atoms with Gasteiger partial charge in [-0.3, -0.25) is 25.7 Å². The van der Waals surface area contributed by atoms with E-state index in [0.29, 0.717) is 58.3 Å². The predicted molar refractivity (Wildman–Crippen MR) is 455 cm³/mol. The molecule has 0 saturated carbocycles. The van der Waals surface area contributed by atoms with Gasteiger partial charge in [0.25, 0.3) is 0 Å². The zero-order valence-electron chi connectivity index (χ0n) is 67.2. The number of hydrogen-bond donors (Lipinski definition) is 14. The molecule has 36 heteroatoms. The molecule has 8 atom stereocenters. The minimum absolute atomic E-state index is 0. The fourth-order valence-corrected chi connectivity index (χ4v) is 17.5. The number of terminal acetylenes is 2. The maximum Gasteiger partial charge on any atom is 0.387 e. The molecule has 9 aromatic rings. The van der Waals surface area contributed by atoms with Crippen LogP contribution in [0.4, 0.5) is 52.7 Å². The van der Waals surface area contributed by atoms with Crippen molar-refractivity contribution in [3.8, 4) is 83.9 Å². The molecule has 19 N–H and O–H groups in total. The minimum Gasteiger partial charge on any atom is -0.457 e. The van der Waals surface area contributed by atoms with Crippen LogP contribution in [0.3, 0.4) is 0 Å². The summed E-state index contributed by atoms with van der Waals surface area (Å²) in [5, 5.41) is 128. The molecule has 0 saturated heterocycles. The van der Waals surface area contributed by atoms with Gasteiger partial charge in [-0.05, 0) is 76.3 Å². The third kappa shape index (κ3) is 45.5. The Bertz CT molecular complexity index is 4540. The molecule has 0 amide bonds. The summed E-state index contributed by atoms with van der Waals surface area (Å²) >= 11 is 0. The van der Waals surface area contributed by atoms with Gasteiger partial charge in [-0.15, -0.1) is 30.5 Å². The van der Waals surface area contributed by atoms with Crippen molar-refractivity contribution < 1.29 is 248 Å². The number of hydrogen-bond acceptors (Lipinski definition) is 17. The Balaban J connectivity index is -0.00000142. The van der Waals surface area contributed by atoms with Crippen molar-refractivity contribution >= 4 is 69.2 Å². The molecule has 127 heavy (non-hydrogen) atoms. The molecule has 19 nitrogen and oxygen atoms in total. The van der Waals surface area contributed by atoms with E-state index in [1.807, 2.05) is 182 Å². The molecule has 2 radical (unpaired) electrons. The quantitative estimate of drug-likeness (QED) is 0.00857. The fraction of sp³-hybridized carbons (Fsp3) is 0.198. The molecule has 0 aliphatic heterocycles. The van der Waals surface area contributed by atoms with Crippen LogP contribution in [0.15, 0.2) is 255 Å². The van der Waals surface area contributed by atoms with Crippen molar-refractivity contribution in [3.05, 3.63) is 303 Å². The second-order valence-corrected chi connectivity index (χ2v) is 33.2. The first-order valence-electron chi connectivity index (χ1n) is 35.6. The van der Waals surface area contributed by atoms with Gasteiger partial charge in [-0.1, -0.05) is 283 Å². The van der Waals surface area contributed by atoms with Crippen LogP contribution in [-0.2, 0) is 19.2 Å². The van der Waals surface area contributed by atoms with Crippen LogP contribution in [0.2, 0.25) is 0 Å². The van der Waals surface area contributed by atoms with Crippen molar-refractivity contribution in [2.75, 3.05) is 0 Å². The van der Waals surface area contributed by atoms with Crippen LogP contribution in [-0.4, -0.2) is 151 Å². The average Bonchev–Trinajstić information content (AvgIpc) is 0.777. The van der Waals surface area contributed by atoms with Gasteiger partial charge in [-0.25, -0.2) is 0 Å². The first kappa shape index (κ1) is 123. The number of rotatable bonds is 20. The zero-order chi connectivity index (χ0) is 92.8. The van der Waals surface area contributed by atoms with Crippen molar-refractivity contribution in [3.63, 3.8) is 0 Å². The molecule has 0 bridgehead atoms. The molecule has 0 aromatic heterocycles. The SMILES string of the molecule is C#CC#CC#CC#CC#CC#CC#C.CC(O)[CH-]C(O)C(F)(F)F.CC(O)[CH-]C(O)C(F)(F)F.CC(O)[CH-]C(O)C(F)(F)F.CC(O)[CH-]C(O)C(F)(F)F.O.O=P(c1ccccc1)(c1ccccc1)c1ccc(C(O)O)cc1.O=P(c1ccccc1)(c1ccccc1)c1ccc(C(O)O)cc1.O=P(c1ccccc1)(c1ccccc1)c1ccc([C-](O)O)cc1.[Eu].[Eu].[OH3+]. The summed E-state index contributed by atoms with van der Waals surface area (Å²) in [4.78, 5) is 0. The van der Waals surface area contributed by atoms with E-state index >= 15 is 0 Å². The molecule has 0 heterocycles. The minimum atomic E-state index is -4.67. The van der Waals surface area contributed by atoms with Gasteiger partial charge in [0.2, 0.25) is 0 Å². The Labute approximate surface area is 809 Å². The second-order valence-electron chi connectivity index (χ2n) is 24.9. The molecule has 0 fully saturated rings. The van der Waals surface area contributed by atoms with E-state index in [-0.39, 0.29) is 110 Å². The third-order valence-electron chi connectivity index (χ3n) is 15.2. The predicted octanol–water partition coefficient (Wildman–Crippen LogP) is 8.03. The standard InChI is InChI=1S/2C19H17O3P.C19H16O3P.C14H2.4C5H8F3O2.2Eu.2H2O/c3*20-19(21)15-11-13-18(14-12-15)23(22,16-7-3-1-4-8-16)17-9-5-2-6-10-17;1-3-5-7-9-11-13-14-12-10-8-6-4-2;4*1-3(9)2-4(10)5(6,7)8;;;;/h2*1-14,19-21H;1-14,20-21H;1-2H;4*2-4,9-10H,1H3;;;2*1H2/q;;-1;;4*-1;;;;/p+1. The molecular formula is C91H89Eu2F12O19P3-4.